The molecule has 0 radical (unpaired) electrons. The maximum Gasteiger partial charge on any atom is 0.134 e. The molecule has 0 heterocycles. The Kier molecular flexibility index (Phi) is 6.16. The summed E-state index contributed by atoms with van der Waals surface area (Å²) in [4.78, 5) is 0. The van der Waals surface area contributed by atoms with E-state index in [2.05, 4.69) is 80.5 Å². The zero-order chi connectivity index (χ0) is 17.6. The molecular formula is C21H19Br2NO. The summed E-state index contributed by atoms with van der Waals surface area (Å²) >= 11 is 7.11. The largest absolute Gasteiger partial charge is 0.488 e. The first-order chi connectivity index (χ1) is 12.1. The second-order valence-electron chi connectivity index (χ2n) is 5.85. The Morgan fingerprint density at radius 3 is 2.40 bits per heavy atom. The van der Waals surface area contributed by atoms with E-state index in [9.17, 15) is 0 Å². The van der Waals surface area contributed by atoms with Crippen LogP contribution in [0.15, 0.2) is 75.7 Å². The van der Waals surface area contributed by atoms with E-state index >= 15 is 0 Å². The van der Waals surface area contributed by atoms with E-state index in [1.165, 1.54) is 11.1 Å². The van der Waals surface area contributed by atoms with Crippen LogP contribution in [0.1, 0.15) is 16.7 Å². The van der Waals surface area contributed by atoms with Gasteiger partial charge in [0.05, 0.1) is 4.47 Å². The summed E-state index contributed by atoms with van der Waals surface area (Å²) in [5.74, 6) is 0.854. The first kappa shape index (κ1) is 18.0. The molecule has 128 valence electrons. The lowest BCUT2D eigenvalue weighted by molar-refractivity contribution is 0.304. The number of hydrogen-bond acceptors (Lipinski definition) is 2. The molecule has 0 saturated heterocycles. The molecule has 25 heavy (non-hydrogen) atoms. The SMILES string of the molecule is Cc1cc(Br)ccc1NCc1ccc(OCc2ccccc2)c(Br)c1. The molecule has 3 rings (SSSR count). The number of anilines is 1. The van der Waals surface area contributed by atoms with Gasteiger partial charge in [-0.05, 0) is 69.9 Å². The lowest BCUT2D eigenvalue weighted by Gasteiger charge is -2.12. The van der Waals surface area contributed by atoms with Gasteiger partial charge in [-0.3, -0.25) is 0 Å². The van der Waals surface area contributed by atoms with Crippen molar-refractivity contribution in [2.24, 2.45) is 0 Å². The number of ether oxygens (including phenoxy) is 1. The third-order valence-electron chi connectivity index (χ3n) is 3.90. The van der Waals surface area contributed by atoms with Gasteiger partial charge >= 0.3 is 0 Å². The molecule has 0 atom stereocenters. The number of hydrogen-bond donors (Lipinski definition) is 1. The van der Waals surface area contributed by atoms with Crippen LogP contribution in [-0.4, -0.2) is 0 Å². The summed E-state index contributed by atoms with van der Waals surface area (Å²) in [6.45, 7) is 3.43. The van der Waals surface area contributed by atoms with E-state index in [0.29, 0.717) is 6.61 Å². The number of rotatable bonds is 6. The molecule has 3 aromatic rings. The molecule has 2 nitrogen and oxygen atoms in total. The van der Waals surface area contributed by atoms with E-state index in [1.54, 1.807) is 0 Å². The Bertz CT molecular complexity index is 850. The van der Waals surface area contributed by atoms with Gasteiger partial charge in [0.2, 0.25) is 0 Å². The van der Waals surface area contributed by atoms with Crippen molar-refractivity contribution in [3.8, 4) is 5.75 Å². The molecule has 4 heteroatoms. The molecule has 0 spiro atoms. The quantitative estimate of drug-likeness (QED) is 0.441. The third-order valence-corrected chi connectivity index (χ3v) is 5.02. The first-order valence-corrected chi connectivity index (χ1v) is 9.65. The average Bonchev–Trinajstić information content (AvgIpc) is 2.61. The Morgan fingerprint density at radius 2 is 1.68 bits per heavy atom. The molecule has 1 N–H and O–H groups in total. The predicted molar refractivity (Wildman–Crippen MR) is 111 cm³/mol. The number of aryl methyl sites for hydroxylation is 1. The summed E-state index contributed by atoms with van der Waals surface area (Å²) in [5.41, 5.74) is 4.71. The van der Waals surface area contributed by atoms with Gasteiger partial charge in [-0.25, -0.2) is 0 Å². The maximum absolute atomic E-state index is 5.90. The van der Waals surface area contributed by atoms with Crippen molar-refractivity contribution in [1.29, 1.82) is 0 Å². The van der Waals surface area contributed by atoms with Gasteiger partial charge in [-0.1, -0.05) is 52.3 Å². The molecule has 0 fully saturated rings. The summed E-state index contributed by atoms with van der Waals surface area (Å²) in [5, 5.41) is 3.48. The van der Waals surface area contributed by atoms with Crippen LogP contribution in [0.3, 0.4) is 0 Å². The van der Waals surface area contributed by atoms with Crippen molar-refractivity contribution >= 4 is 37.5 Å². The summed E-state index contributed by atoms with van der Waals surface area (Å²) in [6.07, 6.45) is 0. The standard InChI is InChI=1S/C21H19Br2NO/c1-15-11-18(22)8-9-20(15)24-13-17-7-10-21(19(23)12-17)25-14-16-5-3-2-4-6-16/h2-12,24H,13-14H2,1H3. The molecule has 0 bridgehead atoms. The van der Waals surface area contributed by atoms with Crippen molar-refractivity contribution in [3.05, 3.63) is 92.4 Å². The third kappa shape index (κ3) is 5.10. The second kappa shape index (κ2) is 8.54. The number of halogens is 2. The Hall–Kier alpha value is -1.78. The van der Waals surface area contributed by atoms with Gasteiger partial charge in [0.25, 0.3) is 0 Å². The van der Waals surface area contributed by atoms with E-state index in [1.807, 2.05) is 30.3 Å². The number of benzene rings is 3. The summed E-state index contributed by atoms with van der Waals surface area (Å²) < 4.78 is 7.96. The minimum absolute atomic E-state index is 0.565. The lowest BCUT2D eigenvalue weighted by atomic mass is 10.1. The topological polar surface area (TPSA) is 21.3 Å². The van der Waals surface area contributed by atoms with Crippen molar-refractivity contribution in [1.82, 2.24) is 0 Å². The van der Waals surface area contributed by atoms with Crippen LogP contribution in [0.2, 0.25) is 0 Å². The van der Waals surface area contributed by atoms with Crippen LogP contribution in [0.5, 0.6) is 5.75 Å². The van der Waals surface area contributed by atoms with Gasteiger partial charge < -0.3 is 10.1 Å². The van der Waals surface area contributed by atoms with Crippen LogP contribution in [0.25, 0.3) is 0 Å². The molecule has 0 unspecified atom stereocenters. The van der Waals surface area contributed by atoms with Crippen molar-refractivity contribution in [3.63, 3.8) is 0 Å². The molecule has 0 amide bonds. The van der Waals surface area contributed by atoms with Gasteiger partial charge in [0.1, 0.15) is 12.4 Å². The highest BCUT2D eigenvalue weighted by Gasteiger charge is 2.05. The van der Waals surface area contributed by atoms with Crippen LogP contribution >= 0.6 is 31.9 Å². The van der Waals surface area contributed by atoms with Crippen LogP contribution in [0.4, 0.5) is 5.69 Å². The van der Waals surface area contributed by atoms with Gasteiger partial charge in [-0.15, -0.1) is 0 Å². The molecule has 0 aliphatic heterocycles. The zero-order valence-electron chi connectivity index (χ0n) is 13.9. The minimum Gasteiger partial charge on any atom is -0.488 e. The van der Waals surface area contributed by atoms with E-state index in [4.69, 9.17) is 4.74 Å². The molecule has 0 aliphatic rings. The average molecular weight is 461 g/mol. The van der Waals surface area contributed by atoms with Crippen molar-refractivity contribution < 1.29 is 4.74 Å². The van der Waals surface area contributed by atoms with Crippen molar-refractivity contribution in [2.45, 2.75) is 20.1 Å². The van der Waals surface area contributed by atoms with Gasteiger partial charge in [0.15, 0.2) is 0 Å². The molecule has 0 aromatic heterocycles. The molecule has 0 aliphatic carbocycles. The zero-order valence-corrected chi connectivity index (χ0v) is 17.1. The fraction of sp³-hybridized carbons (Fsp3) is 0.143. The maximum atomic E-state index is 5.90. The van der Waals surface area contributed by atoms with E-state index in [0.717, 1.165) is 32.5 Å². The Balaban J connectivity index is 1.61. The first-order valence-electron chi connectivity index (χ1n) is 8.07. The summed E-state index contributed by atoms with van der Waals surface area (Å²) in [6, 6.07) is 22.6. The number of nitrogens with one attached hydrogen (secondary N) is 1. The van der Waals surface area contributed by atoms with Crippen LogP contribution < -0.4 is 10.1 Å². The predicted octanol–water partition coefficient (Wildman–Crippen LogP) is 6.71. The van der Waals surface area contributed by atoms with Gasteiger partial charge in [0, 0.05) is 16.7 Å². The van der Waals surface area contributed by atoms with Gasteiger partial charge in [-0.2, -0.15) is 0 Å². The Labute approximate surface area is 165 Å². The molecular weight excluding hydrogens is 442 g/mol. The van der Waals surface area contributed by atoms with E-state index < -0.39 is 0 Å². The second-order valence-corrected chi connectivity index (χ2v) is 7.62. The monoisotopic (exact) mass is 459 g/mol. The van der Waals surface area contributed by atoms with Crippen LogP contribution in [-0.2, 0) is 13.2 Å². The lowest BCUT2D eigenvalue weighted by Crippen LogP contribution is -2.02. The highest BCUT2D eigenvalue weighted by molar-refractivity contribution is 9.10. The Morgan fingerprint density at radius 1 is 0.880 bits per heavy atom. The smallest absolute Gasteiger partial charge is 0.134 e. The van der Waals surface area contributed by atoms with E-state index in [-0.39, 0.29) is 0 Å². The molecule has 3 aromatic carbocycles. The summed E-state index contributed by atoms with van der Waals surface area (Å²) in [7, 11) is 0. The fourth-order valence-corrected chi connectivity index (χ4v) is 3.55. The molecule has 0 saturated carbocycles. The fourth-order valence-electron chi connectivity index (χ4n) is 2.53. The normalized spacial score (nSPS) is 10.5. The highest BCUT2D eigenvalue weighted by atomic mass is 79.9. The highest BCUT2D eigenvalue weighted by Crippen LogP contribution is 2.28. The minimum atomic E-state index is 0.565. The van der Waals surface area contributed by atoms with Crippen LogP contribution in [0, 0.1) is 6.92 Å². The van der Waals surface area contributed by atoms with Crippen molar-refractivity contribution in [2.75, 3.05) is 5.32 Å².